The first-order valence-electron chi connectivity index (χ1n) is 10.4. The third-order valence-corrected chi connectivity index (χ3v) is 6.05. The Hall–Kier alpha value is -2.86. The molecule has 4 rings (SSSR count). The number of rotatable bonds is 7. The molecule has 160 valence electrons. The largest absolute Gasteiger partial charge is 0.459 e. The summed E-state index contributed by atoms with van der Waals surface area (Å²) in [6, 6.07) is 12.6. The van der Waals surface area contributed by atoms with Crippen LogP contribution in [-0.4, -0.2) is 41.2 Å². The summed E-state index contributed by atoms with van der Waals surface area (Å²) >= 11 is 1.50. The zero-order valence-electron chi connectivity index (χ0n) is 17.5. The molecule has 0 saturated carbocycles. The molecule has 0 bridgehead atoms. The summed E-state index contributed by atoms with van der Waals surface area (Å²) in [4.78, 5) is 11.0. The molecule has 1 fully saturated rings. The van der Waals surface area contributed by atoms with E-state index in [2.05, 4.69) is 57.4 Å². The predicted molar refractivity (Wildman–Crippen MR) is 121 cm³/mol. The van der Waals surface area contributed by atoms with Crippen molar-refractivity contribution < 1.29 is 9.47 Å². The second kappa shape index (κ2) is 10.4. The van der Waals surface area contributed by atoms with Gasteiger partial charge < -0.3 is 14.8 Å². The van der Waals surface area contributed by atoms with Crippen LogP contribution in [-0.2, 0) is 17.9 Å². The number of benzene rings is 1. The maximum absolute atomic E-state index is 9.65. The summed E-state index contributed by atoms with van der Waals surface area (Å²) in [7, 11) is 0. The van der Waals surface area contributed by atoms with Gasteiger partial charge in [-0.1, -0.05) is 43.0 Å². The van der Waals surface area contributed by atoms with E-state index < -0.39 is 0 Å². The van der Waals surface area contributed by atoms with Gasteiger partial charge in [0, 0.05) is 31.5 Å². The van der Waals surface area contributed by atoms with Crippen LogP contribution in [0, 0.1) is 11.3 Å². The van der Waals surface area contributed by atoms with E-state index in [0.29, 0.717) is 17.9 Å². The number of nitrogens with zero attached hydrogens (tertiary/aromatic N) is 4. The minimum absolute atomic E-state index is 0.259. The Balaban J connectivity index is 1.37. The van der Waals surface area contributed by atoms with Gasteiger partial charge in [-0.3, -0.25) is 4.90 Å². The number of ether oxygens (including phenoxy) is 2. The van der Waals surface area contributed by atoms with E-state index in [0.717, 1.165) is 55.6 Å². The van der Waals surface area contributed by atoms with Crippen LogP contribution in [0.4, 0.5) is 0 Å². The molecule has 0 radical (unpaired) electrons. The fourth-order valence-electron chi connectivity index (χ4n) is 3.31. The molecule has 0 atom stereocenters. The van der Waals surface area contributed by atoms with E-state index in [1.165, 1.54) is 17.3 Å². The van der Waals surface area contributed by atoms with Crippen LogP contribution in [0.25, 0.3) is 5.57 Å². The number of thioether (sulfide) groups is 1. The van der Waals surface area contributed by atoms with Gasteiger partial charge in [0.05, 0.1) is 23.9 Å². The average Bonchev–Trinajstić information content (AvgIpc) is 3.29. The zero-order valence-corrected chi connectivity index (χ0v) is 18.3. The molecule has 0 amide bonds. The van der Waals surface area contributed by atoms with E-state index in [-0.39, 0.29) is 6.01 Å². The molecule has 2 aromatic rings. The smallest absolute Gasteiger partial charge is 0.317 e. The Morgan fingerprint density at radius 1 is 1.23 bits per heavy atom. The third kappa shape index (κ3) is 5.64. The van der Waals surface area contributed by atoms with Gasteiger partial charge in [0.1, 0.15) is 18.2 Å². The minimum atomic E-state index is 0.259. The second-order valence-corrected chi connectivity index (χ2v) is 8.15. The monoisotopic (exact) mass is 435 g/mol. The lowest BCUT2D eigenvalue weighted by molar-refractivity contribution is 0.0342. The van der Waals surface area contributed by atoms with Crippen molar-refractivity contribution in [3.05, 3.63) is 69.5 Å². The molecule has 7 nitrogen and oxygen atoms in total. The van der Waals surface area contributed by atoms with Gasteiger partial charge in [-0.2, -0.15) is 10.2 Å². The summed E-state index contributed by atoms with van der Waals surface area (Å²) in [5.41, 5.74) is 4.45. The molecule has 8 heteroatoms. The molecule has 1 saturated heterocycles. The normalized spacial score (nSPS) is 18.1. The number of aromatic nitrogens is 2. The summed E-state index contributed by atoms with van der Waals surface area (Å²) in [5.74, 6) is 0. The van der Waals surface area contributed by atoms with Crippen LogP contribution in [0.2, 0.25) is 0 Å². The maximum atomic E-state index is 9.65. The molecule has 1 aromatic heterocycles. The van der Waals surface area contributed by atoms with Gasteiger partial charge in [-0.25, -0.2) is 4.98 Å². The summed E-state index contributed by atoms with van der Waals surface area (Å²) in [6.07, 6.45) is 2.51. The predicted octanol–water partition coefficient (Wildman–Crippen LogP) is 3.67. The fraction of sp³-hybridized carbons (Fsp3) is 0.348. The van der Waals surface area contributed by atoms with Crippen LogP contribution in [0.1, 0.15) is 30.2 Å². The van der Waals surface area contributed by atoms with Crippen molar-refractivity contribution in [1.82, 2.24) is 20.2 Å². The fourth-order valence-corrected chi connectivity index (χ4v) is 4.25. The lowest BCUT2D eigenvalue weighted by atomic mass is 10.1. The zero-order chi connectivity index (χ0) is 21.5. The van der Waals surface area contributed by atoms with Crippen LogP contribution < -0.4 is 10.1 Å². The first-order valence-corrected chi connectivity index (χ1v) is 11.2. The van der Waals surface area contributed by atoms with Crippen molar-refractivity contribution in [3.8, 4) is 12.1 Å². The molecule has 0 aliphatic carbocycles. The van der Waals surface area contributed by atoms with Crippen LogP contribution >= 0.6 is 11.8 Å². The van der Waals surface area contributed by atoms with Gasteiger partial charge in [0.25, 0.3) is 0 Å². The van der Waals surface area contributed by atoms with Crippen molar-refractivity contribution >= 4 is 17.3 Å². The van der Waals surface area contributed by atoms with Crippen molar-refractivity contribution in [2.75, 3.05) is 26.3 Å². The molecular weight excluding hydrogens is 410 g/mol. The highest BCUT2D eigenvalue weighted by Crippen LogP contribution is 2.32. The van der Waals surface area contributed by atoms with E-state index in [9.17, 15) is 5.26 Å². The molecule has 2 aliphatic rings. The highest BCUT2D eigenvalue weighted by atomic mass is 32.2. The molecule has 0 spiro atoms. The Labute approximate surface area is 186 Å². The summed E-state index contributed by atoms with van der Waals surface area (Å²) in [6.45, 7) is 6.93. The van der Waals surface area contributed by atoms with Crippen molar-refractivity contribution in [1.29, 1.82) is 5.26 Å². The van der Waals surface area contributed by atoms with Gasteiger partial charge in [0.15, 0.2) is 0 Å². The van der Waals surface area contributed by atoms with Crippen molar-refractivity contribution in [3.63, 3.8) is 0 Å². The molecule has 3 heterocycles. The third-order valence-electron chi connectivity index (χ3n) is 5.10. The Bertz CT molecular complexity index is 1010. The first kappa shape index (κ1) is 21.4. The SMILES string of the molecule is CCC1=CS/C(=C(/C#N)c2ccnc(OCc3ccc(CN4CCOCC4)cc3)n2)N1. The standard InChI is InChI=1S/C23H25N5O2S/c1-2-19-16-31-22(26-19)20(13-24)21-7-8-25-23(27-21)30-15-18-5-3-17(4-6-18)14-28-9-11-29-12-10-28/h3-8,16,26H,2,9-12,14-15H2,1H3/b22-20-. The van der Waals surface area contributed by atoms with Gasteiger partial charge >= 0.3 is 6.01 Å². The van der Waals surface area contributed by atoms with E-state index in [1.54, 1.807) is 12.3 Å². The first-order chi connectivity index (χ1) is 15.2. The van der Waals surface area contributed by atoms with E-state index in [4.69, 9.17) is 9.47 Å². The van der Waals surface area contributed by atoms with Crippen molar-refractivity contribution in [2.45, 2.75) is 26.5 Å². The quantitative estimate of drug-likeness (QED) is 0.660. The highest BCUT2D eigenvalue weighted by molar-refractivity contribution is 8.06. The van der Waals surface area contributed by atoms with Gasteiger partial charge in [0.2, 0.25) is 0 Å². The van der Waals surface area contributed by atoms with E-state index in [1.807, 2.05) is 5.41 Å². The lowest BCUT2D eigenvalue weighted by Gasteiger charge is -2.26. The minimum Gasteiger partial charge on any atom is -0.459 e. The Morgan fingerprint density at radius 2 is 2.00 bits per heavy atom. The number of hydrogen-bond donors (Lipinski definition) is 1. The topological polar surface area (TPSA) is 83.3 Å². The highest BCUT2D eigenvalue weighted by Gasteiger charge is 2.17. The lowest BCUT2D eigenvalue weighted by Crippen LogP contribution is -2.35. The summed E-state index contributed by atoms with van der Waals surface area (Å²) in [5, 5.41) is 15.7. The molecule has 2 aliphatic heterocycles. The number of morpholine rings is 1. The molecule has 1 N–H and O–H groups in total. The molecular formula is C23H25N5O2S. The van der Waals surface area contributed by atoms with Crippen LogP contribution in [0.5, 0.6) is 6.01 Å². The Kier molecular flexibility index (Phi) is 7.20. The molecule has 0 unspecified atom stereocenters. The average molecular weight is 436 g/mol. The van der Waals surface area contributed by atoms with E-state index >= 15 is 0 Å². The van der Waals surface area contributed by atoms with Crippen LogP contribution in [0.3, 0.4) is 0 Å². The number of allylic oxidation sites excluding steroid dienone is 2. The number of hydrogen-bond acceptors (Lipinski definition) is 8. The second-order valence-electron chi connectivity index (χ2n) is 7.27. The van der Waals surface area contributed by atoms with Gasteiger partial charge in [-0.05, 0) is 29.0 Å². The van der Waals surface area contributed by atoms with Crippen LogP contribution in [0.15, 0.2) is 52.7 Å². The number of nitriles is 1. The maximum Gasteiger partial charge on any atom is 0.317 e. The number of nitrogens with one attached hydrogen (secondary N) is 1. The molecule has 31 heavy (non-hydrogen) atoms. The molecule has 1 aromatic carbocycles. The Morgan fingerprint density at radius 3 is 2.71 bits per heavy atom. The summed E-state index contributed by atoms with van der Waals surface area (Å²) < 4.78 is 11.2. The van der Waals surface area contributed by atoms with Gasteiger partial charge in [-0.15, -0.1) is 0 Å². The van der Waals surface area contributed by atoms with Crippen molar-refractivity contribution in [2.24, 2.45) is 0 Å².